The summed E-state index contributed by atoms with van der Waals surface area (Å²) in [4.78, 5) is 18.5. The second kappa shape index (κ2) is 18.9. The molecule has 1 saturated heterocycles. The van der Waals surface area contributed by atoms with Gasteiger partial charge in [-0.15, -0.1) is 23.5 Å². The monoisotopic (exact) mass is 559 g/mol. The maximum atomic E-state index is 12.5. The lowest BCUT2D eigenvalue weighted by atomic mass is 10.2. The number of allylic oxidation sites excluding steroid dienone is 4. The Bertz CT molecular complexity index is 808. The predicted molar refractivity (Wildman–Crippen MR) is 157 cm³/mol. The summed E-state index contributed by atoms with van der Waals surface area (Å²) in [5.41, 5.74) is 1.71. The smallest absolute Gasteiger partial charge is 0.222 e. The Balaban J connectivity index is 2.47. The summed E-state index contributed by atoms with van der Waals surface area (Å²) in [6, 6.07) is 0.180. The van der Waals surface area contributed by atoms with E-state index in [0.29, 0.717) is 48.9 Å². The molecule has 196 valence electrons. The number of hydrogen-bond acceptors (Lipinski definition) is 6. The molecule has 35 heavy (non-hydrogen) atoms. The van der Waals surface area contributed by atoms with Crippen LogP contribution in [-0.2, 0) is 9.53 Å². The van der Waals surface area contributed by atoms with Crippen molar-refractivity contribution >= 4 is 59.4 Å². The molecule has 1 amide bonds. The minimum Gasteiger partial charge on any atom is -0.492 e. The Hall–Kier alpha value is -1.28. The lowest BCUT2D eigenvalue weighted by molar-refractivity contribution is -0.128. The van der Waals surface area contributed by atoms with Gasteiger partial charge in [0, 0.05) is 70.4 Å². The third kappa shape index (κ3) is 14.1. The lowest BCUT2D eigenvalue weighted by Crippen LogP contribution is -2.41. The highest BCUT2D eigenvalue weighted by atomic mass is 35.5. The first-order valence-electron chi connectivity index (χ1n) is 11.8. The second-order valence-corrected chi connectivity index (χ2v) is 11.5. The van der Waals surface area contributed by atoms with E-state index in [-0.39, 0.29) is 11.9 Å². The Labute approximate surface area is 230 Å². The Morgan fingerprint density at radius 1 is 1.31 bits per heavy atom. The van der Waals surface area contributed by atoms with Gasteiger partial charge in [-0.1, -0.05) is 61.9 Å². The van der Waals surface area contributed by atoms with Gasteiger partial charge in [-0.05, 0) is 26.5 Å². The van der Waals surface area contributed by atoms with Crippen LogP contribution < -0.4 is 5.32 Å². The minimum atomic E-state index is 0.180. The molecule has 0 saturated carbocycles. The Morgan fingerprint density at radius 3 is 2.74 bits per heavy atom. The summed E-state index contributed by atoms with van der Waals surface area (Å²) in [6.07, 6.45) is 8.80. The number of nitrogens with one attached hydrogen (secondary N) is 1. The number of carbonyl (C=O) groups excluding carboxylic acids is 1. The fourth-order valence-electron chi connectivity index (χ4n) is 3.26. The summed E-state index contributed by atoms with van der Waals surface area (Å²) in [7, 11) is 0. The molecule has 0 unspecified atom stereocenters. The number of aliphatic imine (C=N–C) groups is 1. The zero-order valence-corrected chi connectivity index (χ0v) is 24.1. The van der Waals surface area contributed by atoms with Gasteiger partial charge < -0.3 is 15.0 Å². The lowest BCUT2D eigenvalue weighted by Gasteiger charge is -2.26. The highest BCUT2D eigenvalue weighted by Crippen LogP contribution is 2.23. The molecule has 1 atom stereocenters. The highest BCUT2D eigenvalue weighted by Gasteiger charge is 2.30. The molecule has 1 aliphatic rings. The minimum absolute atomic E-state index is 0.180. The molecule has 1 N–H and O–H groups in total. The van der Waals surface area contributed by atoms with Crippen LogP contribution in [0, 0.1) is 0 Å². The maximum Gasteiger partial charge on any atom is 0.222 e. The van der Waals surface area contributed by atoms with E-state index in [0.717, 1.165) is 47.4 Å². The molecule has 1 aliphatic heterocycles. The van der Waals surface area contributed by atoms with E-state index in [9.17, 15) is 4.79 Å². The molecule has 0 aliphatic carbocycles. The van der Waals surface area contributed by atoms with E-state index in [1.165, 1.54) is 0 Å². The van der Waals surface area contributed by atoms with Crippen molar-refractivity contribution in [3.05, 3.63) is 57.9 Å². The molecule has 1 heterocycles. The number of hydrogen-bond donors (Lipinski definition) is 1. The van der Waals surface area contributed by atoms with Crippen molar-refractivity contribution in [3.8, 4) is 0 Å². The van der Waals surface area contributed by atoms with Crippen LogP contribution in [0.15, 0.2) is 62.9 Å². The maximum absolute atomic E-state index is 12.5. The molecule has 1 rings (SSSR count). The van der Waals surface area contributed by atoms with E-state index in [4.69, 9.17) is 27.9 Å². The third-order valence-corrected chi connectivity index (χ3v) is 7.62. The zero-order chi connectivity index (χ0) is 26.1. The quantitative estimate of drug-likeness (QED) is 0.0586. The molecular formula is C26H39Cl2N3O2S2. The number of ether oxygens (including phenoxy) is 1. The number of unbranched alkanes of at least 4 members (excludes halogenated alkanes) is 1. The van der Waals surface area contributed by atoms with Gasteiger partial charge in [-0.3, -0.25) is 9.79 Å². The number of nitrogens with zero attached hydrogens (tertiary/aromatic N) is 2. The molecule has 0 aromatic rings. The average molecular weight is 561 g/mol. The molecule has 0 spiro atoms. The molecule has 0 bridgehead atoms. The van der Waals surface area contributed by atoms with E-state index in [1.54, 1.807) is 23.5 Å². The fourth-order valence-corrected chi connectivity index (χ4v) is 5.23. The Morgan fingerprint density at radius 2 is 2.09 bits per heavy atom. The van der Waals surface area contributed by atoms with E-state index in [1.807, 2.05) is 29.4 Å². The van der Waals surface area contributed by atoms with Gasteiger partial charge in [0.05, 0.1) is 6.61 Å². The molecule has 9 heteroatoms. The predicted octanol–water partition coefficient (Wildman–Crippen LogP) is 7.42. The second-order valence-electron chi connectivity index (χ2n) is 8.09. The molecule has 0 aromatic heterocycles. The van der Waals surface area contributed by atoms with Gasteiger partial charge in [0.25, 0.3) is 0 Å². The van der Waals surface area contributed by atoms with Crippen LogP contribution in [0.1, 0.15) is 52.4 Å². The molecule has 5 nitrogen and oxygen atoms in total. The fraction of sp³-hybridized carbons (Fsp3) is 0.538. The van der Waals surface area contributed by atoms with Crippen molar-refractivity contribution in [1.82, 2.24) is 10.2 Å². The van der Waals surface area contributed by atoms with Crippen molar-refractivity contribution in [2.45, 2.75) is 58.4 Å². The first-order valence-corrected chi connectivity index (χ1v) is 14.8. The number of likely N-dealkylation sites (tertiary alicyclic amines) is 1. The number of halogens is 2. The zero-order valence-electron chi connectivity index (χ0n) is 21.0. The number of carbonyl (C=O) groups is 1. The van der Waals surface area contributed by atoms with E-state index >= 15 is 0 Å². The molecule has 0 radical (unpaired) electrons. The van der Waals surface area contributed by atoms with Gasteiger partial charge in [0.2, 0.25) is 5.91 Å². The van der Waals surface area contributed by atoms with Gasteiger partial charge in [0.1, 0.15) is 11.5 Å². The van der Waals surface area contributed by atoms with Crippen molar-refractivity contribution < 1.29 is 9.53 Å². The summed E-state index contributed by atoms with van der Waals surface area (Å²) >= 11 is 15.4. The third-order valence-electron chi connectivity index (χ3n) is 5.24. The van der Waals surface area contributed by atoms with Crippen molar-refractivity contribution in [3.63, 3.8) is 0 Å². The highest BCUT2D eigenvalue weighted by molar-refractivity contribution is 8.17. The van der Waals surface area contributed by atoms with E-state index < -0.39 is 0 Å². The van der Waals surface area contributed by atoms with Crippen molar-refractivity contribution in [2.75, 3.05) is 30.5 Å². The van der Waals surface area contributed by atoms with Crippen LogP contribution in [0.3, 0.4) is 0 Å². The standard InChI is InChI=1S/C26H39Cl2N3O2S2/c1-6-7-15-33-22(4)25(29-5)18-35-19-34-16-14-31-24(12-13-26(31)32)17-30-23(10-8-20(2)27)11-9-21(3)28/h9-10,18,24,30H,2,4-8,11-17,19H2,1,3H3/b21-9+,23-10+,25-18-/t24-/m1/s1. The first-order chi connectivity index (χ1) is 16.8. The summed E-state index contributed by atoms with van der Waals surface area (Å²) < 4.78 is 5.61. The van der Waals surface area contributed by atoms with Crippen LogP contribution in [0.4, 0.5) is 0 Å². The topological polar surface area (TPSA) is 53.9 Å². The van der Waals surface area contributed by atoms with Gasteiger partial charge in [-0.25, -0.2) is 0 Å². The first kappa shape index (κ1) is 31.7. The van der Waals surface area contributed by atoms with Crippen LogP contribution in [0.5, 0.6) is 0 Å². The number of thioether (sulfide) groups is 2. The van der Waals surface area contributed by atoms with Crippen molar-refractivity contribution in [2.24, 2.45) is 4.99 Å². The van der Waals surface area contributed by atoms with Crippen LogP contribution in [0.2, 0.25) is 0 Å². The van der Waals surface area contributed by atoms with Gasteiger partial charge >= 0.3 is 0 Å². The van der Waals surface area contributed by atoms with E-state index in [2.05, 4.69) is 37.1 Å². The molecule has 0 aromatic carbocycles. The largest absolute Gasteiger partial charge is 0.492 e. The number of amides is 1. The summed E-state index contributed by atoms with van der Waals surface area (Å²) in [5, 5.41) is 7.61. The van der Waals surface area contributed by atoms with Crippen LogP contribution >= 0.6 is 46.7 Å². The SMILES string of the molecule is C=N/C(=C\SCSCCN1C(=O)CC[C@@H]1CN/C(=C/CC(=C)Cl)C/C=C(\C)Cl)C(=C)OCCCC. The normalized spacial score (nSPS) is 17.0. The van der Waals surface area contributed by atoms with Gasteiger partial charge in [0.15, 0.2) is 0 Å². The van der Waals surface area contributed by atoms with Crippen molar-refractivity contribution in [1.29, 1.82) is 0 Å². The Kier molecular flexibility index (Phi) is 17.2. The van der Waals surface area contributed by atoms with Crippen LogP contribution in [0.25, 0.3) is 0 Å². The number of rotatable bonds is 19. The molecular weight excluding hydrogens is 521 g/mol. The average Bonchev–Trinajstić information content (AvgIpc) is 3.17. The summed E-state index contributed by atoms with van der Waals surface area (Å²) in [5.74, 6) is 1.65. The molecule has 1 fully saturated rings. The van der Waals surface area contributed by atoms with Crippen LogP contribution in [-0.4, -0.2) is 54.1 Å². The summed E-state index contributed by atoms with van der Waals surface area (Å²) in [6.45, 7) is 17.3. The van der Waals surface area contributed by atoms with Gasteiger partial charge in [-0.2, -0.15) is 0 Å².